The van der Waals surface area contributed by atoms with Crippen LogP contribution in [0.2, 0.25) is 0 Å². The number of rotatable bonds is 5. The molecule has 4 aliphatic rings. The minimum absolute atomic E-state index is 0.126. The van der Waals surface area contributed by atoms with E-state index >= 15 is 0 Å². The Hall–Kier alpha value is -2.53. The summed E-state index contributed by atoms with van der Waals surface area (Å²) in [5.74, 6) is -4.57. The van der Waals surface area contributed by atoms with Crippen molar-refractivity contribution in [3.05, 3.63) is 35.1 Å². The fraction of sp³-hybridized carbons (Fsp3) is 0.654. The second-order valence-electron chi connectivity index (χ2n) is 10.5. The van der Waals surface area contributed by atoms with Crippen LogP contribution in [0.25, 0.3) is 0 Å². The van der Waals surface area contributed by atoms with E-state index in [1.807, 2.05) is 26.8 Å². The van der Waals surface area contributed by atoms with Gasteiger partial charge in [0.1, 0.15) is 22.9 Å². The minimum Gasteiger partial charge on any atom is -0.507 e. The van der Waals surface area contributed by atoms with Crippen LogP contribution < -0.4 is 5.32 Å². The maximum atomic E-state index is 12.8. The van der Waals surface area contributed by atoms with E-state index in [4.69, 9.17) is 18.9 Å². The van der Waals surface area contributed by atoms with E-state index in [2.05, 4.69) is 5.32 Å². The molecule has 10 nitrogen and oxygen atoms in total. The molecule has 0 aromatic rings. The molecule has 0 saturated carbocycles. The predicted octanol–water partition coefficient (Wildman–Crippen LogP) is 1.48. The Morgan fingerprint density at radius 3 is 2.53 bits per heavy atom. The number of amides is 1. The fourth-order valence-corrected chi connectivity index (χ4v) is 6.20. The van der Waals surface area contributed by atoms with Gasteiger partial charge in [-0.2, -0.15) is 0 Å². The highest BCUT2D eigenvalue weighted by Gasteiger charge is 2.74. The van der Waals surface area contributed by atoms with E-state index < -0.39 is 65.1 Å². The lowest BCUT2D eigenvalue weighted by atomic mass is 9.72. The second kappa shape index (κ2) is 9.41. The summed E-state index contributed by atoms with van der Waals surface area (Å²) in [6, 6.07) is 0. The molecule has 3 N–H and O–H groups in total. The number of esters is 1. The van der Waals surface area contributed by atoms with Crippen LogP contribution in [0, 0.1) is 17.8 Å². The SMILES string of the molecule is COC(=O)C1[C@@H](C)O[C@@]2(C)C[C@@H](O)C3OC12O[C@H]([C@H](C)/C=C(C)/C=C/C(O)=C1\C(=O)CNC1=O)[C@H]3C. The van der Waals surface area contributed by atoms with Crippen molar-refractivity contribution in [3.63, 3.8) is 0 Å². The molecule has 0 aliphatic carbocycles. The first kappa shape index (κ1) is 26.5. The number of hydrogen-bond acceptors (Lipinski definition) is 9. The molecule has 3 unspecified atom stereocenters. The minimum atomic E-state index is -1.41. The van der Waals surface area contributed by atoms with Gasteiger partial charge in [-0.25, -0.2) is 0 Å². The Labute approximate surface area is 210 Å². The summed E-state index contributed by atoms with van der Waals surface area (Å²) in [6.07, 6.45) is 2.78. The zero-order valence-electron chi connectivity index (χ0n) is 21.4. The molecule has 0 aromatic heterocycles. The number of aliphatic hydroxyl groups is 2. The van der Waals surface area contributed by atoms with E-state index in [0.717, 1.165) is 5.57 Å². The standard InChI is InChI=1S/C26H35NO9/c1-12(7-8-16(28)19-18(30)11-27-23(19)31)9-13(2)21-14(3)22-17(29)10-25(5)26(35-21,36-22)20(15(4)34-25)24(32)33-6/h7-9,13-15,17,20-22,28-29H,10-11H2,1-6H3,(H,27,31)/b8-7+,12-9+,19-16-/t13-,14-,15-,17-,20?,21-,22?,25+,26?/m1/s1. The van der Waals surface area contributed by atoms with Crippen LogP contribution in [0.4, 0.5) is 0 Å². The van der Waals surface area contributed by atoms with Gasteiger partial charge in [-0.05, 0) is 26.8 Å². The molecule has 0 aromatic carbocycles. The third-order valence-corrected chi connectivity index (χ3v) is 7.87. The Kier molecular flexibility index (Phi) is 6.93. The van der Waals surface area contributed by atoms with E-state index in [1.54, 1.807) is 19.9 Å². The van der Waals surface area contributed by atoms with Crippen LogP contribution in [0.5, 0.6) is 0 Å². The van der Waals surface area contributed by atoms with Crippen molar-refractivity contribution >= 4 is 17.7 Å². The highest BCUT2D eigenvalue weighted by Crippen LogP contribution is 2.58. The van der Waals surface area contributed by atoms with Crippen molar-refractivity contribution < 1.29 is 43.5 Å². The Balaban J connectivity index is 1.62. The number of ketones is 1. The van der Waals surface area contributed by atoms with Crippen molar-refractivity contribution in [1.82, 2.24) is 5.32 Å². The number of carbonyl (C=O) groups is 3. The number of aliphatic hydroxyl groups excluding tert-OH is 2. The van der Waals surface area contributed by atoms with E-state index in [0.29, 0.717) is 0 Å². The lowest BCUT2D eigenvalue weighted by Gasteiger charge is -2.58. The number of nitrogens with one attached hydrogen (secondary N) is 1. The van der Waals surface area contributed by atoms with Gasteiger partial charge >= 0.3 is 5.97 Å². The summed E-state index contributed by atoms with van der Waals surface area (Å²) in [5, 5.41) is 23.5. The Bertz CT molecular complexity index is 1030. The zero-order chi connectivity index (χ0) is 26.6. The maximum Gasteiger partial charge on any atom is 0.316 e. The van der Waals surface area contributed by atoms with Gasteiger partial charge in [-0.3, -0.25) is 14.4 Å². The van der Waals surface area contributed by atoms with E-state index in [9.17, 15) is 24.6 Å². The van der Waals surface area contributed by atoms with Gasteiger partial charge in [0, 0.05) is 18.3 Å². The number of Topliss-reactive ketones (excluding diaryl/α,β-unsaturated/α-hetero) is 1. The monoisotopic (exact) mass is 505 g/mol. The van der Waals surface area contributed by atoms with Crippen molar-refractivity contribution in [2.75, 3.05) is 13.7 Å². The highest BCUT2D eigenvalue weighted by atomic mass is 16.8. The van der Waals surface area contributed by atoms with Crippen LogP contribution >= 0.6 is 0 Å². The molecule has 4 heterocycles. The number of hydrogen-bond donors (Lipinski definition) is 3. The number of methoxy groups -OCH3 is 1. The summed E-state index contributed by atoms with van der Waals surface area (Å²) >= 11 is 0. The third kappa shape index (κ3) is 4.09. The second-order valence-corrected chi connectivity index (χ2v) is 10.5. The van der Waals surface area contributed by atoms with Crippen molar-refractivity contribution in [2.45, 2.75) is 76.8 Å². The topological polar surface area (TPSA) is 141 Å². The van der Waals surface area contributed by atoms with E-state index in [-0.39, 0.29) is 30.4 Å². The summed E-state index contributed by atoms with van der Waals surface area (Å²) in [6.45, 7) is 9.16. The van der Waals surface area contributed by atoms with Gasteiger partial charge in [0.25, 0.3) is 5.91 Å². The van der Waals surface area contributed by atoms with Gasteiger partial charge in [0.05, 0.1) is 38.1 Å². The van der Waals surface area contributed by atoms with Gasteiger partial charge in [0.2, 0.25) is 5.79 Å². The highest BCUT2D eigenvalue weighted by molar-refractivity contribution is 6.25. The molecule has 9 atom stereocenters. The maximum absolute atomic E-state index is 12.8. The fourth-order valence-electron chi connectivity index (χ4n) is 6.20. The van der Waals surface area contributed by atoms with Crippen LogP contribution in [0.3, 0.4) is 0 Å². The zero-order valence-corrected chi connectivity index (χ0v) is 21.4. The molecule has 198 valence electrons. The van der Waals surface area contributed by atoms with Crippen LogP contribution in [0.15, 0.2) is 35.1 Å². The summed E-state index contributed by atoms with van der Waals surface area (Å²) in [5.41, 5.74) is -0.545. The molecule has 4 rings (SSSR count). The average molecular weight is 506 g/mol. The molecular formula is C26H35NO9. The van der Waals surface area contributed by atoms with Gasteiger partial charge in [0.15, 0.2) is 5.78 Å². The largest absolute Gasteiger partial charge is 0.507 e. The smallest absolute Gasteiger partial charge is 0.316 e. The lowest BCUT2D eigenvalue weighted by Crippen LogP contribution is -2.72. The van der Waals surface area contributed by atoms with Crippen LogP contribution in [-0.4, -0.2) is 77.3 Å². The Morgan fingerprint density at radius 2 is 1.92 bits per heavy atom. The molecule has 36 heavy (non-hydrogen) atoms. The Morgan fingerprint density at radius 1 is 1.22 bits per heavy atom. The summed E-state index contributed by atoms with van der Waals surface area (Å²) in [4.78, 5) is 36.4. The van der Waals surface area contributed by atoms with Gasteiger partial charge in [-0.15, -0.1) is 0 Å². The number of carbonyl (C=O) groups excluding carboxylic acids is 3. The van der Waals surface area contributed by atoms with Crippen molar-refractivity contribution in [2.24, 2.45) is 17.8 Å². The van der Waals surface area contributed by atoms with Crippen molar-refractivity contribution in [3.8, 4) is 0 Å². The molecule has 0 radical (unpaired) electrons. The van der Waals surface area contributed by atoms with Gasteiger partial charge in [-0.1, -0.05) is 31.6 Å². The molecule has 10 heteroatoms. The molecule has 4 saturated heterocycles. The lowest BCUT2D eigenvalue weighted by molar-refractivity contribution is -0.417. The van der Waals surface area contributed by atoms with Crippen LogP contribution in [-0.2, 0) is 33.3 Å². The molecular weight excluding hydrogens is 470 g/mol. The summed E-state index contributed by atoms with van der Waals surface area (Å²) in [7, 11) is 1.31. The molecule has 4 fully saturated rings. The van der Waals surface area contributed by atoms with Gasteiger partial charge < -0.3 is 34.5 Å². The molecule has 2 bridgehead atoms. The summed E-state index contributed by atoms with van der Waals surface area (Å²) < 4.78 is 24.3. The first-order chi connectivity index (χ1) is 16.8. The first-order valence-corrected chi connectivity index (χ1v) is 12.3. The third-order valence-electron chi connectivity index (χ3n) is 7.87. The quantitative estimate of drug-likeness (QED) is 0.167. The van der Waals surface area contributed by atoms with Crippen molar-refractivity contribution in [1.29, 1.82) is 0 Å². The number of ether oxygens (including phenoxy) is 4. The average Bonchev–Trinajstić information content (AvgIpc) is 3.25. The number of allylic oxidation sites excluding steroid dienone is 3. The normalized spacial score (nSPS) is 42.8. The van der Waals surface area contributed by atoms with Crippen LogP contribution in [0.1, 0.15) is 41.0 Å². The molecule has 1 amide bonds. The van der Waals surface area contributed by atoms with E-state index in [1.165, 1.54) is 13.2 Å². The molecule has 4 aliphatic heterocycles. The number of fused-ring (bicyclic) bond motifs is 1. The first-order valence-electron chi connectivity index (χ1n) is 12.3. The molecule has 1 spiro atoms. The predicted molar refractivity (Wildman–Crippen MR) is 126 cm³/mol.